The van der Waals surface area contributed by atoms with Gasteiger partial charge in [0.1, 0.15) is 5.82 Å². The number of fused-ring (bicyclic) bond motifs is 1. The lowest BCUT2D eigenvalue weighted by Gasteiger charge is -2.10. The van der Waals surface area contributed by atoms with E-state index in [9.17, 15) is 9.18 Å². The van der Waals surface area contributed by atoms with Crippen LogP contribution in [-0.4, -0.2) is 30.0 Å². The molecule has 2 heterocycles. The average molecular weight is 275 g/mol. The Balaban J connectivity index is 1.59. The first-order valence-electron chi connectivity index (χ1n) is 7.00. The smallest absolute Gasteiger partial charge is 0.237 e. The maximum atomic E-state index is 13.3. The molecule has 0 aliphatic carbocycles. The Labute approximate surface area is 116 Å². The first-order chi connectivity index (χ1) is 9.74. The molecule has 1 aromatic carbocycles. The van der Waals surface area contributed by atoms with Crippen LogP contribution in [0.15, 0.2) is 24.4 Å². The minimum Gasteiger partial charge on any atom is -0.361 e. The van der Waals surface area contributed by atoms with Crippen molar-refractivity contribution in [2.75, 3.05) is 13.1 Å². The van der Waals surface area contributed by atoms with Crippen molar-refractivity contribution in [3.05, 3.63) is 35.8 Å². The van der Waals surface area contributed by atoms with Crippen molar-refractivity contribution in [2.24, 2.45) is 0 Å². The standard InChI is InChI=1S/C15H18FN3O/c16-11-3-4-13-12(8-11)10(9-19-13)5-7-18-15(20)14-2-1-6-17-14/h3-4,8-9,14,17,19H,1-2,5-7H2,(H,18,20). The van der Waals surface area contributed by atoms with Gasteiger partial charge in [-0.15, -0.1) is 0 Å². The quantitative estimate of drug-likeness (QED) is 0.795. The Morgan fingerprint density at radius 1 is 1.45 bits per heavy atom. The summed E-state index contributed by atoms with van der Waals surface area (Å²) in [5.74, 6) is -0.175. The number of nitrogens with one attached hydrogen (secondary N) is 3. The van der Waals surface area contributed by atoms with E-state index in [1.807, 2.05) is 6.20 Å². The minimum absolute atomic E-state index is 0.0459. The van der Waals surface area contributed by atoms with E-state index >= 15 is 0 Å². The zero-order chi connectivity index (χ0) is 13.9. The Kier molecular flexibility index (Phi) is 3.69. The van der Waals surface area contributed by atoms with E-state index in [1.165, 1.54) is 12.1 Å². The van der Waals surface area contributed by atoms with Gasteiger partial charge in [0, 0.05) is 23.6 Å². The van der Waals surface area contributed by atoms with Gasteiger partial charge in [-0.05, 0) is 49.6 Å². The Hall–Kier alpha value is -1.88. The van der Waals surface area contributed by atoms with E-state index < -0.39 is 0 Å². The number of benzene rings is 1. The number of aromatic amines is 1. The largest absolute Gasteiger partial charge is 0.361 e. The SMILES string of the molecule is O=C(NCCc1c[nH]c2ccc(F)cc12)C1CCCN1. The van der Waals surface area contributed by atoms with Crippen LogP contribution in [0.1, 0.15) is 18.4 Å². The molecule has 1 unspecified atom stereocenters. The second-order valence-electron chi connectivity index (χ2n) is 5.19. The molecule has 0 radical (unpaired) electrons. The molecule has 0 spiro atoms. The highest BCUT2D eigenvalue weighted by atomic mass is 19.1. The van der Waals surface area contributed by atoms with Crippen molar-refractivity contribution in [1.29, 1.82) is 0 Å². The summed E-state index contributed by atoms with van der Waals surface area (Å²) < 4.78 is 13.3. The third-order valence-corrected chi connectivity index (χ3v) is 3.80. The second-order valence-corrected chi connectivity index (χ2v) is 5.19. The van der Waals surface area contributed by atoms with Gasteiger partial charge in [-0.25, -0.2) is 4.39 Å². The second kappa shape index (κ2) is 5.63. The minimum atomic E-state index is -0.238. The Morgan fingerprint density at radius 3 is 3.15 bits per heavy atom. The van der Waals surface area contributed by atoms with Crippen molar-refractivity contribution in [2.45, 2.75) is 25.3 Å². The van der Waals surface area contributed by atoms with Gasteiger partial charge in [0.2, 0.25) is 5.91 Å². The summed E-state index contributed by atoms with van der Waals surface area (Å²) in [5.41, 5.74) is 1.95. The molecule has 1 aromatic heterocycles. The van der Waals surface area contributed by atoms with Crippen molar-refractivity contribution >= 4 is 16.8 Å². The number of carbonyl (C=O) groups is 1. The van der Waals surface area contributed by atoms with Gasteiger partial charge in [0.15, 0.2) is 0 Å². The normalized spacial score (nSPS) is 18.6. The topological polar surface area (TPSA) is 56.9 Å². The fraction of sp³-hybridized carbons (Fsp3) is 0.400. The van der Waals surface area contributed by atoms with E-state index in [4.69, 9.17) is 0 Å². The van der Waals surface area contributed by atoms with Crippen molar-refractivity contribution in [1.82, 2.24) is 15.6 Å². The van der Waals surface area contributed by atoms with Gasteiger partial charge in [-0.2, -0.15) is 0 Å². The van der Waals surface area contributed by atoms with Crippen LogP contribution in [0.2, 0.25) is 0 Å². The molecule has 1 atom stereocenters. The molecule has 0 saturated carbocycles. The molecule has 2 aromatic rings. The lowest BCUT2D eigenvalue weighted by molar-refractivity contribution is -0.122. The van der Waals surface area contributed by atoms with E-state index in [1.54, 1.807) is 6.07 Å². The number of rotatable bonds is 4. The summed E-state index contributed by atoms with van der Waals surface area (Å²) in [5, 5.41) is 6.99. The van der Waals surface area contributed by atoms with Crippen LogP contribution in [-0.2, 0) is 11.2 Å². The lowest BCUT2D eigenvalue weighted by atomic mass is 10.1. The first kappa shape index (κ1) is 13.1. The fourth-order valence-electron chi connectivity index (χ4n) is 2.71. The Bertz CT molecular complexity index is 617. The number of amides is 1. The maximum absolute atomic E-state index is 13.3. The van der Waals surface area contributed by atoms with E-state index in [2.05, 4.69) is 15.6 Å². The summed E-state index contributed by atoms with van der Waals surface area (Å²) in [6.07, 6.45) is 4.54. The van der Waals surface area contributed by atoms with Crippen molar-refractivity contribution < 1.29 is 9.18 Å². The molecular formula is C15H18FN3O. The van der Waals surface area contributed by atoms with Gasteiger partial charge >= 0.3 is 0 Å². The predicted octanol–water partition coefficient (Wildman–Crippen LogP) is 1.72. The van der Waals surface area contributed by atoms with Crippen LogP contribution in [0, 0.1) is 5.82 Å². The van der Waals surface area contributed by atoms with Crippen LogP contribution in [0.4, 0.5) is 4.39 Å². The number of aromatic nitrogens is 1. The Morgan fingerprint density at radius 2 is 2.35 bits per heavy atom. The summed E-state index contributed by atoms with van der Waals surface area (Å²) >= 11 is 0. The highest BCUT2D eigenvalue weighted by Gasteiger charge is 2.21. The summed E-state index contributed by atoms with van der Waals surface area (Å²) in [4.78, 5) is 15.0. The van der Waals surface area contributed by atoms with Crippen LogP contribution in [0.25, 0.3) is 10.9 Å². The average Bonchev–Trinajstić information content (AvgIpc) is 3.08. The summed E-state index contributed by atoms with van der Waals surface area (Å²) in [7, 11) is 0. The molecule has 5 heteroatoms. The van der Waals surface area contributed by atoms with Gasteiger partial charge in [0.25, 0.3) is 0 Å². The molecule has 20 heavy (non-hydrogen) atoms. The maximum Gasteiger partial charge on any atom is 0.237 e. The molecule has 1 amide bonds. The monoisotopic (exact) mass is 275 g/mol. The third-order valence-electron chi connectivity index (χ3n) is 3.80. The van der Waals surface area contributed by atoms with Crippen molar-refractivity contribution in [3.63, 3.8) is 0 Å². The predicted molar refractivity (Wildman–Crippen MR) is 76.0 cm³/mol. The van der Waals surface area contributed by atoms with Crippen LogP contribution < -0.4 is 10.6 Å². The molecule has 4 nitrogen and oxygen atoms in total. The van der Waals surface area contributed by atoms with Crippen LogP contribution in [0.5, 0.6) is 0 Å². The molecule has 1 aliphatic heterocycles. The molecule has 1 saturated heterocycles. The molecule has 3 rings (SSSR count). The van der Waals surface area contributed by atoms with E-state index in [0.717, 1.165) is 35.9 Å². The summed E-state index contributed by atoms with van der Waals surface area (Å²) in [6, 6.07) is 4.66. The lowest BCUT2D eigenvalue weighted by Crippen LogP contribution is -2.41. The molecule has 0 bridgehead atoms. The number of halogens is 1. The zero-order valence-electron chi connectivity index (χ0n) is 11.2. The van der Waals surface area contributed by atoms with Crippen molar-refractivity contribution in [3.8, 4) is 0 Å². The fourth-order valence-corrected chi connectivity index (χ4v) is 2.71. The van der Waals surface area contributed by atoms with Gasteiger partial charge in [0.05, 0.1) is 6.04 Å². The number of carbonyl (C=O) groups excluding carboxylic acids is 1. The number of hydrogen-bond acceptors (Lipinski definition) is 2. The van der Waals surface area contributed by atoms with E-state index in [0.29, 0.717) is 13.0 Å². The van der Waals surface area contributed by atoms with E-state index in [-0.39, 0.29) is 17.8 Å². The zero-order valence-corrected chi connectivity index (χ0v) is 11.2. The molecule has 106 valence electrons. The number of hydrogen-bond donors (Lipinski definition) is 3. The molecule has 1 fully saturated rings. The molecular weight excluding hydrogens is 257 g/mol. The van der Waals surface area contributed by atoms with Gasteiger partial charge in [-0.1, -0.05) is 0 Å². The van der Waals surface area contributed by atoms with Crippen LogP contribution >= 0.6 is 0 Å². The molecule has 1 aliphatic rings. The third kappa shape index (κ3) is 2.67. The highest BCUT2D eigenvalue weighted by molar-refractivity contribution is 5.84. The summed E-state index contributed by atoms with van der Waals surface area (Å²) in [6.45, 7) is 1.49. The number of H-pyrrole nitrogens is 1. The highest BCUT2D eigenvalue weighted by Crippen LogP contribution is 2.19. The molecule has 3 N–H and O–H groups in total. The first-order valence-corrected chi connectivity index (χ1v) is 7.00. The van der Waals surface area contributed by atoms with Gasteiger partial charge in [-0.3, -0.25) is 4.79 Å². The van der Waals surface area contributed by atoms with Gasteiger partial charge < -0.3 is 15.6 Å². The van der Waals surface area contributed by atoms with Crippen LogP contribution in [0.3, 0.4) is 0 Å².